The van der Waals surface area contributed by atoms with Gasteiger partial charge in [0, 0.05) is 6.20 Å². The zero-order valence-corrected chi connectivity index (χ0v) is 15.4. The van der Waals surface area contributed by atoms with E-state index in [0.29, 0.717) is 9.87 Å². The lowest BCUT2D eigenvalue weighted by molar-refractivity contribution is -0.142. The number of anilines is 2. The molecule has 0 saturated carbocycles. The molecule has 0 unspecified atom stereocenters. The van der Waals surface area contributed by atoms with Gasteiger partial charge < -0.3 is 4.74 Å². The minimum Gasteiger partial charge on any atom is -0.465 e. The number of urea groups is 1. The Morgan fingerprint density at radius 1 is 1.30 bits per heavy atom. The Morgan fingerprint density at radius 2 is 2.04 bits per heavy atom. The summed E-state index contributed by atoms with van der Waals surface area (Å²) in [7, 11) is -4.32. The standard InChI is InChI=1S/C17H16FN3O5S/c1-3-26-15(22)10-20-17(23)21(12-7-6-11(2)13(18)9-12)16-14(27(20,24)25)5-4-8-19-16/h4-9H,3,10H2,1-2H3. The summed E-state index contributed by atoms with van der Waals surface area (Å²) in [6.07, 6.45) is 1.32. The number of fused-ring (bicyclic) bond motifs is 1. The van der Waals surface area contributed by atoms with Gasteiger partial charge in [-0.2, -0.15) is 0 Å². The first-order valence-corrected chi connectivity index (χ1v) is 9.45. The highest BCUT2D eigenvalue weighted by Gasteiger charge is 2.44. The van der Waals surface area contributed by atoms with Crippen molar-refractivity contribution >= 4 is 33.5 Å². The molecule has 1 aliphatic heterocycles. The summed E-state index contributed by atoms with van der Waals surface area (Å²) < 4.78 is 44.8. The molecule has 0 bridgehead atoms. The van der Waals surface area contributed by atoms with Crippen molar-refractivity contribution in [3.8, 4) is 0 Å². The number of nitrogens with zero attached hydrogens (tertiary/aromatic N) is 3. The summed E-state index contributed by atoms with van der Waals surface area (Å²) in [5.74, 6) is -1.61. The van der Waals surface area contributed by atoms with E-state index in [1.54, 1.807) is 13.8 Å². The van der Waals surface area contributed by atoms with Gasteiger partial charge >= 0.3 is 12.0 Å². The zero-order valence-electron chi connectivity index (χ0n) is 14.5. The number of carbonyl (C=O) groups excluding carboxylic acids is 2. The highest BCUT2D eigenvalue weighted by molar-refractivity contribution is 7.90. The maximum atomic E-state index is 14.0. The van der Waals surface area contributed by atoms with Crippen molar-refractivity contribution < 1.29 is 27.1 Å². The molecule has 0 atom stereocenters. The van der Waals surface area contributed by atoms with Crippen molar-refractivity contribution in [1.82, 2.24) is 9.29 Å². The lowest BCUT2D eigenvalue weighted by Crippen LogP contribution is -2.51. The van der Waals surface area contributed by atoms with Gasteiger partial charge in [-0.3, -0.25) is 4.79 Å². The number of ether oxygens (including phenoxy) is 1. The molecule has 0 fully saturated rings. The number of halogens is 1. The molecule has 2 aromatic rings. The summed E-state index contributed by atoms with van der Waals surface area (Å²) in [4.78, 5) is 29.4. The monoisotopic (exact) mass is 393 g/mol. The summed E-state index contributed by atoms with van der Waals surface area (Å²) in [6, 6.07) is 5.64. The van der Waals surface area contributed by atoms with Gasteiger partial charge in [-0.15, -0.1) is 0 Å². The number of esters is 1. The average molecular weight is 393 g/mol. The molecule has 3 rings (SSSR count). The largest absolute Gasteiger partial charge is 0.465 e. The van der Waals surface area contributed by atoms with Crippen molar-refractivity contribution in [2.45, 2.75) is 18.7 Å². The maximum Gasteiger partial charge on any atom is 0.344 e. The van der Waals surface area contributed by atoms with Crippen molar-refractivity contribution in [3.63, 3.8) is 0 Å². The normalized spacial score (nSPS) is 15.4. The summed E-state index contributed by atoms with van der Waals surface area (Å²) in [6.45, 7) is 2.35. The van der Waals surface area contributed by atoms with Crippen LogP contribution in [0.3, 0.4) is 0 Å². The molecule has 0 spiro atoms. The third kappa shape index (κ3) is 3.23. The average Bonchev–Trinajstić information content (AvgIpc) is 2.62. The van der Waals surface area contributed by atoms with Crippen LogP contribution in [0.25, 0.3) is 0 Å². The fourth-order valence-electron chi connectivity index (χ4n) is 2.61. The summed E-state index contributed by atoms with van der Waals surface area (Å²) in [5, 5.41) is 0. The number of hydrogen-bond acceptors (Lipinski definition) is 6. The lowest BCUT2D eigenvalue weighted by Gasteiger charge is -2.34. The molecule has 2 heterocycles. The predicted octanol–water partition coefficient (Wildman–Crippen LogP) is 2.35. The Labute approximate surface area is 155 Å². The van der Waals surface area contributed by atoms with E-state index in [1.807, 2.05) is 0 Å². The lowest BCUT2D eigenvalue weighted by atomic mass is 10.2. The Bertz CT molecular complexity index is 1020. The van der Waals surface area contributed by atoms with E-state index in [2.05, 4.69) is 4.98 Å². The van der Waals surface area contributed by atoms with Crippen LogP contribution in [0.15, 0.2) is 41.4 Å². The first kappa shape index (κ1) is 18.8. The third-order valence-corrected chi connectivity index (χ3v) is 5.67. The Hall–Kier alpha value is -3.01. The molecule has 0 aliphatic carbocycles. The van der Waals surface area contributed by atoms with E-state index in [1.165, 1.54) is 30.5 Å². The molecule has 2 amide bonds. The molecular formula is C17H16FN3O5S. The number of aryl methyl sites for hydroxylation is 1. The molecule has 10 heteroatoms. The van der Waals surface area contributed by atoms with Crippen LogP contribution in [0.2, 0.25) is 0 Å². The fraction of sp³-hybridized carbons (Fsp3) is 0.235. The van der Waals surface area contributed by atoms with Crippen LogP contribution in [-0.4, -0.2) is 42.9 Å². The van der Waals surface area contributed by atoms with Crippen LogP contribution < -0.4 is 4.90 Å². The van der Waals surface area contributed by atoms with Gasteiger partial charge in [0.15, 0.2) is 5.82 Å². The molecule has 27 heavy (non-hydrogen) atoms. The van der Waals surface area contributed by atoms with E-state index in [9.17, 15) is 22.4 Å². The van der Waals surface area contributed by atoms with Crippen molar-refractivity contribution in [1.29, 1.82) is 0 Å². The number of pyridine rings is 1. The van der Waals surface area contributed by atoms with E-state index >= 15 is 0 Å². The second-order valence-electron chi connectivity index (χ2n) is 5.69. The fourth-order valence-corrected chi connectivity index (χ4v) is 4.03. The SMILES string of the molecule is CCOC(=O)CN1C(=O)N(c2ccc(C)c(F)c2)c2ncccc2S1(=O)=O. The van der Waals surface area contributed by atoms with E-state index < -0.39 is 34.4 Å². The summed E-state index contributed by atoms with van der Waals surface area (Å²) in [5.41, 5.74) is 0.451. The van der Waals surface area contributed by atoms with E-state index in [-0.39, 0.29) is 23.0 Å². The Balaban J connectivity index is 2.17. The van der Waals surface area contributed by atoms with Gasteiger partial charge in [0.1, 0.15) is 17.3 Å². The van der Waals surface area contributed by atoms with Crippen LogP contribution >= 0.6 is 0 Å². The van der Waals surface area contributed by atoms with Gasteiger partial charge in [0.05, 0.1) is 12.3 Å². The number of hydrogen-bond donors (Lipinski definition) is 0. The second kappa shape index (κ2) is 6.95. The molecule has 1 aromatic carbocycles. The molecule has 1 aliphatic rings. The Kier molecular flexibility index (Phi) is 4.83. The molecule has 0 saturated heterocycles. The van der Waals surface area contributed by atoms with Crippen LogP contribution in [0.1, 0.15) is 12.5 Å². The quantitative estimate of drug-likeness (QED) is 0.740. The van der Waals surface area contributed by atoms with Gasteiger partial charge in [-0.25, -0.2) is 31.8 Å². The number of aromatic nitrogens is 1. The van der Waals surface area contributed by atoms with Crippen molar-refractivity contribution in [3.05, 3.63) is 47.9 Å². The van der Waals surface area contributed by atoms with E-state index in [0.717, 1.165) is 11.0 Å². The van der Waals surface area contributed by atoms with Crippen LogP contribution in [0.5, 0.6) is 0 Å². The van der Waals surface area contributed by atoms with E-state index in [4.69, 9.17) is 4.74 Å². The number of amides is 2. The first-order valence-electron chi connectivity index (χ1n) is 8.01. The second-order valence-corrected chi connectivity index (χ2v) is 7.52. The molecule has 1 aromatic heterocycles. The zero-order chi connectivity index (χ0) is 19.8. The highest BCUT2D eigenvalue weighted by Crippen LogP contribution is 2.37. The van der Waals surface area contributed by atoms with Crippen LogP contribution in [-0.2, 0) is 19.6 Å². The summed E-state index contributed by atoms with van der Waals surface area (Å²) >= 11 is 0. The highest BCUT2D eigenvalue weighted by atomic mass is 32.2. The number of sulfonamides is 1. The molecule has 142 valence electrons. The van der Waals surface area contributed by atoms with Crippen molar-refractivity contribution in [2.75, 3.05) is 18.1 Å². The van der Waals surface area contributed by atoms with Gasteiger partial charge in [0.25, 0.3) is 10.0 Å². The van der Waals surface area contributed by atoms with Crippen LogP contribution in [0, 0.1) is 12.7 Å². The smallest absolute Gasteiger partial charge is 0.344 e. The van der Waals surface area contributed by atoms with Gasteiger partial charge in [-0.1, -0.05) is 6.07 Å². The van der Waals surface area contributed by atoms with Gasteiger partial charge in [0.2, 0.25) is 0 Å². The Morgan fingerprint density at radius 3 is 2.70 bits per heavy atom. The molecular weight excluding hydrogens is 377 g/mol. The van der Waals surface area contributed by atoms with Crippen molar-refractivity contribution in [2.24, 2.45) is 0 Å². The molecule has 0 radical (unpaired) electrons. The maximum absolute atomic E-state index is 14.0. The minimum atomic E-state index is -4.32. The number of rotatable bonds is 4. The predicted molar refractivity (Wildman–Crippen MR) is 93.4 cm³/mol. The van der Waals surface area contributed by atoms with Gasteiger partial charge in [-0.05, 0) is 43.7 Å². The molecule has 8 nitrogen and oxygen atoms in total. The third-order valence-electron chi connectivity index (χ3n) is 3.93. The number of carbonyl (C=O) groups is 2. The topological polar surface area (TPSA) is 96.9 Å². The number of benzene rings is 1. The molecule has 0 N–H and O–H groups in total. The first-order chi connectivity index (χ1) is 12.8. The van der Waals surface area contributed by atoms with Crippen LogP contribution in [0.4, 0.5) is 20.7 Å². The minimum absolute atomic E-state index is 0.0337.